The molecule has 0 aromatic heterocycles. The van der Waals surface area contributed by atoms with Gasteiger partial charge in [-0.05, 0) is 18.1 Å². The van der Waals surface area contributed by atoms with Gasteiger partial charge in [-0.3, -0.25) is 4.79 Å². The van der Waals surface area contributed by atoms with E-state index in [1.807, 2.05) is 67.6 Å². The van der Waals surface area contributed by atoms with E-state index in [1.54, 1.807) is 4.90 Å². The SMILES string of the molecule is C[C@@]1(CC#N)S[C@@H]2CC(=O)N2[C@H]1C(=O)OC(c1ccccc1)c1ccccc1. The van der Waals surface area contributed by atoms with E-state index in [0.717, 1.165) is 11.1 Å². The highest BCUT2D eigenvalue weighted by molar-refractivity contribution is 8.01. The van der Waals surface area contributed by atoms with E-state index in [1.165, 1.54) is 11.8 Å². The molecule has 0 unspecified atom stereocenters. The van der Waals surface area contributed by atoms with Gasteiger partial charge in [0.2, 0.25) is 5.91 Å². The van der Waals surface area contributed by atoms with Crippen molar-refractivity contribution in [3.8, 4) is 6.07 Å². The minimum atomic E-state index is -0.752. The van der Waals surface area contributed by atoms with Crippen LogP contribution in [0.2, 0.25) is 0 Å². The Morgan fingerprint density at radius 2 is 1.79 bits per heavy atom. The van der Waals surface area contributed by atoms with Gasteiger partial charge in [0.25, 0.3) is 0 Å². The smallest absolute Gasteiger partial charge is 0.331 e. The normalized spacial score (nSPS) is 25.8. The summed E-state index contributed by atoms with van der Waals surface area (Å²) >= 11 is 1.53. The highest BCUT2D eigenvalue weighted by atomic mass is 32.2. The molecule has 2 aromatic carbocycles. The van der Waals surface area contributed by atoms with Crippen LogP contribution in [-0.4, -0.2) is 32.9 Å². The molecule has 0 saturated carbocycles. The topological polar surface area (TPSA) is 70.4 Å². The highest BCUT2D eigenvalue weighted by Gasteiger charge is 2.61. The molecule has 0 N–H and O–H groups in total. The first-order valence-electron chi connectivity index (χ1n) is 9.20. The average molecular weight is 392 g/mol. The van der Waals surface area contributed by atoms with E-state index in [4.69, 9.17) is 4.74 Å². The summed E-state index contributed by atoms with van der Waals surface area (Å²) in [5.74, 6) is -0.518. The van der Waals surface area contributed by atoms with Crippen LogP contribution in [0.25, 0.3) is 0 Å². The fraction of sp³-hybridized carbons (Fsp3) is 0.318. The van der Waals surface area contributed by atoms with E-state index in [-0.39, 0.29) is 17.7 Å². The van der Waals surface area contributed by atoms with Crippen molar-refractivity contribution in [3.05, 3.63) is 71.8 Å². The van der Waals surface area contributed by atoms with Crippen LogP contribution in [0.3, 0.4) is 0 Å². The molecule has 0 bridgehead atoms. The van der Waals surface area contributed by atoms with Gasteiger partial charge in [-0.25, -0.2) is 4.79 Å². The summed E-state index contributed by atoms with van der Waals surface area (Å²) in [5.41, 5.74) is 1.72. The lowest BCUT2D eigenvalue weighted by atomic mass is 9.93. The molecule has 3 atom stereocenters. The van der Waals surface area contributed by atoms with Crippen LogP contribution in [0.1, 0.15) is 37.0 Å². The van der Waals surface area contributed by atoms with Crippen molar-refractivity contribution in [1.82, 2.24) is 4.90 Å². The molecular weight excluding hydrogens is 372 g/mol. The van der Waals surface area contributed by atoms with Gasteiger partial charge in [-0.2, -0.15) is 5.26 Å². The Labute approximate surface area is 168 Å². The maximum absolute atomic E-state index is 13.3. The standard InChI is InChI=1S/C22H20N2O3S/c1-22(12-13-23)20(24-17(25)14-18(24)28-22)21(26)27-19(15-8-4-2-5-9-15)16-10-6-3-7-11-16/h2-11,18-20H,12,14H2,1H3/t18-,20+,22+/m1/s1. The Morgan fingerprint density at radius 3 is 2.29 bits per heavy atom. The predicted octanol–water partition coefficient (Wildman–Crippen LogP) is 3.67. The first-order chi connectivity index (χ1) is 13.5. The van der Waals surface area contributed by atoms with Crippen LogP contribution in [0.5, 0.6) is 0 Å². The maximum atomic E-state index is 13.3. The first kappa shape index (κ1) is 18.6. The first-order valence-corrected chi connectivity index (χ1v) is 10.1. The predicted molar refractivity (Wildman–Crippen MR) is 106 cm³/mol. The van der Waals surface area contributed by atoms with Crippen LogP contribution in [-0.2, 0) is 14.3 Å². The largest absolute Gasteiger partial charge is 0.451 e. The molecule has 0 radical (unpaired) electrons. The molecule has 1 amide bonds. The van der Waals surface area contributed by atoms with Crippen molar-refractivity contribution in [2.24, 2.45) is 0 Å². The van der Waals surface area contributed by atoms with E-state index in [9.17, 15) is 14.9 Å². The van der Waals surface area contributed by atoms with Gasteiger partial charge in [0.15, 0.2) is 6.10 Å². The Kier molecular flexibility index (Phi) is 4.86. The number of amides is 1. The second-order valence-corrected chi connectivity index (χ2v) is 8.98. The molecule has 0 spiro atoms. The number of benzene rings is 2. The summed E-state index contributed by atoms with van der Waals surface area (Å²) in [6.07, 6.45) is 0.0247. The van der Waals surface area contributed by atoms with Crippen molar-refractivity contribution in [2.75, 3.05) is 0 Å². The Balaban J connectivity index is 1.66. The number of thioether (sulfide) groups is 1. The van der Waals surface area contributed by atoms with Gasteiger partial charge in [-0.15, -0.1) is 11.8 Å². The van der Waals surface area contributed by atoms with Gasteiger partial charge >= 0.3 is 5.97 Å². The van der Waals surface area contributed by atoms with Gasteiger partial charge in [-0.1, -0.05) is 60.7 Å². The molecule has 28 heavy (non-hydrogen) atoms. The molecular formula is C22H20N2O3S. The summed E-state index contributed by atoms with van der Waals surface area (Å²) in [6.45, 7) is 1.87. The zero-order valence-electron chi connectivity index (χ0n) is 15.4. The maximum Gasteiger partial charge on any atom is 0.331 e. The summed E-state index contributed by atoms with van der Waals surface area (Å²) in [5, 5.41) is 9.22. The number of nitriles is 1. The monoisotopic (exact) mass is 392 g/mol. The Morgan fingerprint density at radius 1 is 1.21 bits per heavy atom. The van der Waals surface area contributed by atoms with Crippen LogP contribution in [0.4, 0.5) is 0 Å². The van der Waals surface area contributed by atoms with Crippen LogP contribution in [0.15, 0.2) is 60.7 Å². The number of hydrogen-bond donors (Lipinski definition) is 0. The highest BCUT2D eigenvalue weighted by Crippen LogP contribution is 2.53. The van der Waals surface area contributed by atoms with Crippen LogP contribution < -0.4 is 0 Å². The third-order valence-corrected chi connectivity index (χ3v) is 6.87. The second-order valence-electron chi connectivity index (χ2n) is 7.27. The number of fused-ring (bicyclic) bond motifs is 1. The van der Waals surface area contributed by atoms with Crippen molar-refractivity contribution in [1.29, 1.82) is 5.26 Å². The minimum absolute atomic E-state index is 0.0460. The number of carbonyl (C=O) groups is 2. The summed E-state index contributed by atoms with van der Waals surface area (Å²) in [4.78, 5) is 27.1. The summed E-state index contributed by atoms with van der Waals surface area (Å²) < 4.78 is 5.33. The lowest BCUT2D eigenvalue weighted by molar-refractivity contribution is -0.164. The number of esters is 1. The third-order valence-electron chi connectivity index (χ3n) is 5.30. The van der Waals surface area contributed by atoms with Crippen LogP contribution >= 0.6 is 11.8 Å². The zero-order valence-corrected chi connectivity index (χ0v) is 16.3. The third kappa shape index (κ3) is 3.16. The molecule has 2 fully saturated rings. The van der Waals surface area contributed by atoms with Crippen molar-refractivity contribution >= 4 is 23.6 Å². The molecule has 4 rings (SSSR count). The van der Waals surface area contributed by atoms with E-state index in [2.05, 4.69) is 6.07 Å². The molecule has 2 heterocycles. The number of rotatable bonds is 5. The number of ether oxygens (including phenoxy) is 1. The van der Waals surface area contributed by atoms with Gasteiger partial charge in [0.1, 0.15) is 6.04 Å². The van der Waals surface area contributed by atoms with Gasteiger partial charge < -0.3 is 9.64 Å². The average Bonchev–Trinajstić information content (AvgIpc) is 2.94. The molecule has 2 aliphatic heterocycles. The molecule has 0 aliphatic carbocycles. The lowest BCUT2D eigenvalue weighted by Gasteiger charge is -2.38. The minimum Gasteiger partial charge on any atom is -0.451 e. The fourth-order valence-corrected chi connectivity index (χ4v) is 5.59. The molecule has 2 aliphatic rings. The fourth-order valence-electron chi connectivity index (χ4n) is 3.90. The van der Waals surface area contributed by atoms with E-state index in [0.29, 0.717) is 6.42 Å². The molecule has 2 saturated heterocycles. The van der Waals surface area contributed by atoms with E-state index >= 15 is 0 Å². The zero-order chi connectivity index (χ0) is 19.7. The lowest BCUT2D eigenvalue weighted by Crippen LogP contribution is -2.57. The second kappa shape index (κ2) is 7.33. The van der Waals surface area contributed by atoms with Crippen molar-refractivity contribution < 1.29 is 14.3 Å². The Hall–Kier alpha value is -2.78. The van der Waals surface area contributed by atoms with E-state index < -0.39 is 22.9 Å². The summed E-state index contributed by atoms with van der Waals surface area (Å²) in [7, 11) is 0. The quantitative estimate of drug-likeness (QED) is 0.574. The Bertz CT molecular complexity index is 888. The molecule has 5 nitrogen and oxygen atoms in total. The van der Waals surface area contributed by atoms with Gasteiger partial charge in [0.05, 0.1) is 29.0 Å². The number of nitrogens with zero attached hydrogens (tertiary/aromatic N) is 2. The number of hydrogen-bond acceptors (Lipinski definition) is 5. The van der Waals surface area contributed by atoms with Crippen LogP contribution in [0, 0.1) is 11.3 Å². The molecule has 142 valence electrons. The van der Waals surface area contributed by atoms with Crippen molar-refractivity contribution in [3.63, 3.8) is 0 Å². The summed E-state index contributed by atoms with van der Waals surface area (Å²) in [6, 6.07) is 20.5. The van der Waals surface area contributed by atoms with Crippen molar-refractivity contribution in [2.45, 2.75) is 42.0 Å². The molecule has 6 heteroatoms. The van der Waals surface area contributed by atoms with Gasteiger partial charge in [0, 0.05) is 0 Å². The molecule has 2 aromatic rings. The number of β-lactam (4-membered cyclic amide) rings is 1. The number of carbonyl (C=O) groups excluding carboxylic acids is 2.